The molecule has 2 N–H and O–H groups in total. The molecule has 3 unspecified atom stereocenters. The van der Waals surface area contributed by atoms with E-state index in [1.54, 1.807) is 0 Å². The minimum Gasteiger partial charge on any atom is -0.383 e. The van der Waals surface area contributed by atoms with Crippen LogP contribution in [0, 0.1) is 15.4 Å². The number of rotatable bonds is 2. The summed E-state index contributed by atoms with van der Waals surface area (Å²) in [5.41, 5.74) is 5.91. The molecule has 1 fully saturated rings. The quantitative estimate of drug-likeness (QED) is 0.850. The van der Waals surface area contributed by atoms with Gasteiger partial charge in [-0.2, -0.15) is 5.10 Å². The minimum absolute atomic E-state index is 0.457. The third kappa shape index (κ3) is 1.56. The molecule has 1 aromatic rings. The molecule has 1 heterocycles. The van der Waals surface area contributed by atoms with Crippen LogP contribution < -0.4 is 5.73 Å². The van der Waals surface area contributed by atoms with Crippen LogP contribution in [0.1, 0.15) is 26.3 Å². The van der Waals surface area contributed by atoms with Crippen LogP contribution >= 0.6 is 22.6 Å². The highest BCUT2D eigenvalue weighted by atomic mass is 127. The van der Waals surface area contributed by atoms with E-state index in [0.717, 1.165) is 21.2 Å². The molecule has 0 radical (unpaired) electrons. The van der Waals surface area contributed by atoms with Gasteiger partial charge >= 0.3 is 0 Å². The van der Waals surface area contributed by atoms with Gasteiger partial charge in [0.1, 0.15) is 5.82 Å². The zero-order valence-electron chi connectivity index (χ0n) is 7.87. The van der Waals surface area contributed by atoms with Crippen molar-refractivity contribution < 1.29 is 0 Å². The van der Waals surface area contributed by atoms with Gasteiger partial charge in [0, 0.05) is 0 Å². The Morgan fingerprint density at radius 3 is 2.77 bits per heavy atom. The fourth-order valence-electron chi connectivity index (χ4n) is 1.88. The molecule has 3 atom stereocenters. The number of halogens is 1. The van der Waals surface area contributed by atoms with Crippen LogP contribution in [0.4, 0.5) is 5.82 Å². The third-order valence-electron chi connectivity index (χ3n) is 2.96. The summed E-state index contributed by atoms with van der Waals surface area (Å²) in [6.45, 7) is 4.49. The summed E-state index contributed by atoms with van der Waals surface area (Å²) in [7, 11) is 0. The maximum absolute atomic E-state index is 5.91. The lowest BCUT2D eigenvalue weighted by molar-refractivity contribution is 0.429. The van der Waals surface area contributed by atoms with Crippen molar-refractivity contribution >= 4 is 28.4 Å². The molecule has 13 heavy (non-hydrogen) atoms. The summed E-state index contributed by atoms with van der Waals surface area (Å²) < 4.78 is 3.01. The zero-order chi connectivity index (χ0) is 9.59. The highest BCUT2D eigenvalue weighted by Gasteiger charge is 2.39. The smallest absolute Gasteiger partial charge is 0.135 e. The molecule has 1 aliphatic carbocycles. The van der Waals surface area contributed by atoms with Gasteiger partial charge in [-0.05, 0) is 47.8 Å². The van der Waals surface area contributed by atoms with E-state index in [-0.39, 0.29) is 0 Å². The van der Waals surface area contributed by atoms with Crippen molar-refractivity contribution in [2.24, 2.45) is 11.8 Å². The first-order chi connectivity index (χ1) is 6.11. The summed E-state index contributed by atoms with van der Waals surface area (Å²) in [6, 6.07) is 0.457. The Bertz CT molecular complexity index is 321. The second-order valence-electron chi connectivity index (χ2n) is 3.94. The molecule has 0 amide bonds. The maximum Gasteiger partial charge on any atom is 0.135 e. The van der Waals surface area contributed by atoms with Gasteiger partial charge in [0.05, 0.1) is 15.8 Å². The Morgan fingerprint density at radius 2 is 2.38 bits per heavy atom. The van der Waals surface area contributed by atoms with E-state index < -0.39 is 0 Å². The molecule has 0 aromatic carbocycles. The van der Waals surface area contributed by atoms with E-state index in [0.29, 0.717) is 6.04 Å². The van der Waals surface area contributed by atoms with Gasteiger partial charge in [0.2, 0.25) is 0 Å². The zero-order valence-corrected chi connectivity index (χ0v) is 10.0. The number of anilines is 1. The molecule has 0 aliphatic heterocycles. The first kappa shape index (κ1) is 9.30. The van der Waals surface area contributed by atoms with E-state index in [1.807, 2.05) is 10.9 Å². The summed E-state index contributed by atoms with van der Waals surface area (Å²) in [5, 5.41) is 4.30. The molecule has 0 spiro atoms. The highest BCUT2D eigenvalue weighted by Crippen LogP contribution is 2.46. The Balaban J connectivity index is 2.20. The van der Waals surface area contributed by atoms with Crippen LogP contribution in [0.5, 0.6) is 0 Å². The van der Waals surface area contributed by atoms with Gasteiger partial charge < -0.3 is 5.73 Å². The molecule has 3 nitrogen and oxygen atoms in total. The summed E-state index contributed by atoms with van der Waals surface area (Å²) in [5.74, 6) is 2.43. The Hall–Kier alpha value is -0.260. The van der Waals surface area contributed by atoms with E-state index >= 15 is 0 Å². The first-order valence-electron chi connectivity index (χ1n) is 4.59. The molecule has 0 bridgehead atoms. The van der Waals surface area contributed by atoms with E-state index in [2.05, 4.69) is 41.5 Å². The lowest BCUT2D eigenvalue weighted by Gasteiger charge is -2.13. The lowest BCUT2D eigenvalue weighted by atomic mass is 10.2. The van der Waals surface area contributed by atoms with Crippen LogP contribution in [-0.2, 0) is 0 Å². The SMILES string of the molecule is CC1CC1C(C)n1ncc(I)c1N. The number of aromatic nitrogens is 2. The van der Waals surface area contributed by atoms with Crippen molar-refractivity contribution in [1.29, 1.82) is 0 Å². The van der Waals surface area contributed by atoms with Crippen molar-refractivity contribution in [3.05, 3.63) is 9.77 Å². The number of hydrogen-bond acceptors (Lipinski definition) is 2. The van der Waals surface area contributed by atoms with Gasteiger partial charge in [0.15, 0.2) is 0 Å². The standard InChI is InChI=1S/C9H14IN3/c1-5-3-7(5)6(2)13-9(11)8(10)4-12-13/h4-7H,3,11H2,1-2H3. The fourth-order valence-corrected chi connectivity index (χ4v) is 2.25. The number of hydrogen-bond donors (Lipinski definition) is 1. The predicted octanol–water partition coefficient (Wildman–Crippen LogP) is 2.29. The topological polar surface area (TPSA) is 43.8 Å². The first-order valence-corrected chi connectivity index (χ1v) is 5.67. The van der Waals surface area contributed by atoms with Crippen molar-refractivity contribution in [3.8, 4) is 0 Å². The molecule has 72 valence electrons. The van der Waals surface area contributed by atoms with Crippen molar-refractivity contribution in [3.63, 3.8) is 0 Å². The van der Waals surface area contributed by atoms with Crippen LogP contribution in [0.15, 0.2) is 6.20 Å². The second-order valence-corrected chi connectivity index (χ2v) is 5.10. The predicted molar refractivity (Wildman–Crippen MR) is 61.3 cm³/mol. The monoisotopic (exact) mass is 291 g/mol. The molecule has 2 rings (SSSR count). The molecular weight excluding hydrogens is 277 g/mol. The Kier molecular flexibility index (Phi) is 2.25. The molecule has 1 saturated carbocycles. The maximum atomic E-state index is 5.91. The number of nitrogens with two attached hydrogens (primary N) is 1. The molecule has 1 aromatic heterocycles. The van der Waals surface area contributed by atoms with Crippen molar-refractivity contribution in [2.45, 2.75) is 26.3 Å². The van der Waals surface area contributed by atoms with E-state index in [9.17, 15) is 0 Å². The number of nitrogen functional groups attached to an aromatic ring is 1. The van der Waals surface area contributed by atoms with Gasteiger partial charge in [-0.15, -0.1) is 0 Å². The fraction of sp³-hybridized carbons (Fsp3) is 0.667. The van der Waals surface area contributed by atoms with Crippen LogP contribution in [-0.4, -0.2) is 9.78 Å². The highest BCUT2D eigenvalue weighted by molar-refractivity contribution is 14.1. The lowest BCUT2D eigenvalue weighted by Crippen LogP contribution is -2.12. The van der Waals surface area contributed by atoms with Gasteiger partial charge in [-0.1, -0.05) is 6.92 Å². The normalized spacial score (nSPS) is 28.8. The minimum atomic E-state index is 0.457. The summed E-state index contributed by atoms with van der Waals surface area (Å²) >= 11 is 2.22. The number of nitrogens with zero attached hydrogens (tertiary/aromatic N) is 2. The molecule has 1 aliphatic rings. The van der Waals surface area contributed by atoms with Crippen LogP contribution in [0.3, 0.4) is 0 Å². The van der Waals surface area contributed by atoms with E-state index in [1.165, 1.54) is 6.42 Å². The van der Waals surface area contributed by atoms with Gasteiger partial charge in [-0.25, -0.2) is 4.68 Å². The van der Waals surface area contributed by atoms with Crippen molar-refractivity contribution in [2.75, 3.05) is 5.73 Å². The van der Waals surface area contributed by atoms with Gasteiger partial charge in [0.25, 0.3) is 0 Å². The molecule has 0 saturated heterocycles. The Morgan fingerprint density at radius 1 is 1.77 bits per heavy atom. The average Bonchev–Trinajstić information content (AvgIpc) is 2.73. The Labute approximate surface area is 91.8 Å². The van der Waals surface area contributed by atoms with Crippen molar-refractivity contribution in [1.82, 2.24) is 9.78 Å². The molecular formula is C9H14IN3. The summed E-state index contributed by atoms with van der Waals surface area (Å²) in [4.78, 5) is 0. The van der Waals surface area contributed by atoms with Gasteiger partial charge in [-0.3, -0.25) is 0 Å². The average molecular weight is 291 g/mol. The molecule has 4 heteroatoms. The van der Waals surface area contributed by atoms with Crippen LogP contribution in [0.25, 0.3) is 0 Å². The van der Waals surface area contributed by atoms with E-state index in [4.69, 9.17) is 5.73 Å². The van der Waals surface area contributed by atoms with Crippen LogP contribution in [0.2, 0.25) is 0 Å². The summed E-state index contributed by atoms with van der Waals surface area (Å²) in [6.07, 6.45) is 3.15. The third-order valence-corrected chi connectivity index (χ3v) is 3.80. The second kappa shape index (κ2) is 3.15. The largest absolute Gasteiger partial charge is 0.383 e.